The van der Waals surface area contributed by atoms with Gasteiger partial charge in [0, 0.05) is 6.20 Å². The molecule has 21 heavy (non-hydrogen) atoms. The van der Waals surface area contributed by atoms with Crippen LogP contribution < -0.4 is 0 Å². The minimum atomic E-state index is -0.583. The summed E-state index contributed by atoms with van der Waals surface area (Å²) in [4.78, 5) is 16.2. The SMILES string of the molecule is CC(C)(C)c1ccc(CC(Cl)C(=O)c2ccccn2)cc1. The first kappa shape index (κ1) is 15.7. The lowest BCUT2D eigenvalue weighted by Crippen LogP contribution is -2.18. The first-order valence-corrected chi connectivity index (χ1v) is 7.50. The second kappa shape index (κ2) is 6.40. The molecule has 0 aliphatic rings. The summed E-state index contributed by atoms with van der Waals surface area (Å²) >= 11 is 6.24. The Morgan fingerprint density at radius 2 is 1.81 bits per heavy atom. The highest BCUT2D eigenvalue weighted by atomic mass is 35.5. The number of halogens is 1. The van der Waals surface area contributed by atoms with Gasteiger partial charge in [0.15, 0.2) is 5.78 Å². The van der Waals surface area contributed by atoms with Gasteiger partial charge >= 0.3 is 0 Å². The third-order valence-electron chi connectivity index (χ3n) is 3.44. The molecule has 0 amide bonds. The number of hydrogen-bond acceptors (Lipinski definition) is 2. The fraction of sp³-hybridized carbons (Fsp3) is 0.333. The molecule has 0 saturated heterocycles. The molecule has 0 radical (unpaired) electrons. The molecule has 0 bridgehead atoms. The molecule has 1 atom stereocenters. The summed E-state index contributed by atoms with van der Waals surface area (Å²) in [5.74, 6) is -0.128. The molecule has 0 saturated carbocycles. The topological polar surface area (TPSA) is 30.0 Å². The molecule has 2 aromatic rings. The number of carbonyl (C=O) groups excluding carboxylic acids is 1. The van der Waals surface area contributed by atoms with Crippen LogP contribution in [0.1, 0.15) is 42.4 Å². The van der Waals surface area contributed by atoms with Crippen LogP contribution in [0.3, 0.4) is 0 Å². The number of aromatic nitrogens is 1. The Hall–Kier alpha value is -1.67. The maximum absolute atomic E-state index is 12.2. The predicted octanol–water partition coefficient (Wildman–Crippen LogP) is 4.41. The van der Waals surface area contributed by atoms with Crippen molar-refractivity contribution in [3.8, 4) is 0 Å². The second-order valence-corrected chi connectivity index (χ2v) is 6.72. The van der Waals surface area contributed by atoms with Gasteiger partial charge in [-0.3, -0.25) is 9.78 Å². The van der Waals surface area contributed by atoms with Gasteiger partial charge in [0.1, 0.15) is 11.1 Å². The number of alkyl halides is 1. The lowest BCUT2D eigenvalue weighted by atomic mass is 9.86. The van der Waals surface area contributed by atoms with Crippen molar-refractivity contribution in [2.75, 3.05) is 0 Å². The molecule has 1 heterocycles. The predicted molar refractivity (Wildman–Crippen MR) is 87.1 cm³/mol. The molecule has 0 N–H and O–H groups in total. The van der Waals surface area contributed by atoms with Crippen molar-refractivity contribution < 1.29 is 4.79 Å². The van der Waals surface area contributed by atoms with Crippen molar-refractivity contribution >= 4 is 17.4 Å². The zero-order valence-electron chi connectivity index (χ0n) is 12.6. The monoisotopic (exact) mass is 301 g/mol. The van der Waals surface area contributed by atoms with E-state index in [2.05, 4.69) is 37.9 Å². The first-order chi connectivity index (χ1) is 9.88. The van der Waals surface area contributed by atoms with Gasteiger partial charge < -0.3 is 0 Å². The maximum Gasteiger partial charge on any atom is 0.199 e. The van der Waals surface area contributed by atoms with Crippen LogP contribution in [0.25, 0.3) is 0 Å². The van der Waals surface area contributed by atoms with Gasteiger partial charge in [-0.15, -0.1) is 11.6 Å². The molecular formula is C18H20ClNO. The highest BCUT2D eigenvalue weighted by Gasteiger charge is 2.19. The van der Waals surface area contributed by atoms with Crippen LogP contribution in [-0.4, -0.2) is 16.1 Å². The van der Waals surface area contributed by atoms with Crippen LogP contribution >= 0.6 is 11.6 Å². The maximum atomic E-state index is 12.2. The van der Waals surface area contributed by atoms with E-state index >= 15 is 0 Å². The Morgan fingerprint density at radius 1 is 1.14 bits per heavy atom. The van der Waals surface area contributed by atoms with Gasteiger partial charge in [-0.2, -0.15) is 0 Å². The lowest BCUT2D eigenvalue weighted by molar-refractivity contribution is 0.0982. The van der Waals surface area contributed by atoms with Gasteiger partial charge in [0.25, 0.3) is 0 Å². The van der Waals surface area contributed by atoms with E-state index in [1.165, 1.54) is 5.56 Å². The molecule has 0 fully saturated rings. The number of nitrogens with zero attached hydrogens (tertiary/aromatic N) is 1. The molecule has 2 nitrogen and oxygen atoms in total. The van der Waals surface area contributed by atoms with E-state index in [9.17, 15) is 4.79 Å². The van der Waals surface area contributed by atoms with E-state index in [1.807, 2.05) is 12.1 Å². The molecule has 3 heteroatoms. The second-order valence-electron chi connectivity index (χ2n) is 6.20. The van der Waals surface area contributed by atoms with Crippen LogP contribution in [0.4, 0.5) is 0 Å². The Labute approximate surface area is 131 Å². The molecular weight excluding hydrogens is 282 g/mol. The third-order valence-corrected chi connectivity index (χ3v) is 3.79. The van der Waals surface area contributed by atoms with Gasteiger partial charge in [-0.1, -0.05) is 51.1 Å². The largest absolute Gasteiger partial charge is 0.291 e. The normalized spacial score (nSPS) is 13.0. The van der Waals surface area contributed by atoms with Gasteiger partial charge in [-0.25, -0.2) is 0 Å². The van der Waals surface area contributed by atoms with Crippen LogP contribution in [0.5, 0.6) is 0 Å². The van der Waals surface area contributed by atoms with E-state index in [-0.39, 0.29) is 11.2 Å². The number of benzene rings is 1. The van der Waals surface area contributed by atoms with Crippen LogP contribution in [0.15, 0.2) is 48.7 Å². The summed E-state index contributed by atoms with van der Waals surface area (Å²) in [7, 11) is 0. The minimum absolute atomic E-state index is 0.128. The van der Waals surface area contributed by atoms with E-state index in [0.29, 0.717) is 12.1 Å². The molecule has 110 valence electrons. The molecule has 1 unspecified atom stereocenters. The summed E-state index contributed by atoms with van der Waals surface area (Å²) in [6, 6.07) is 13.6. The van der Waals surface area contributed by atoms with Crippen molar-refractivity contribution in [2.45, 2.75) is 38.0 Å². The van der Waals surface area contributed by atoms with Crippen molar-refractivity contribution in [3.05, 3.63) is 65.5 Å². The molecule has 0 aliphatic carbocycles. The van der Waals surface area contributed by atoms with E-state index in [0.717, 1.165) is 5.56 Å². The average molecular weight is 302 g/mol. The standard InChI is InChI=1S/C18H20ClNO/c1-18(2,3)14-9-7-13(8-10-14)12-15(19)17(21)16-6-4-5-11-20-16/h4-11,15H,12H2,1-3H3. The molecule has 0 spiro atoms. The van der Waals surface area contributed by atoms with Crippen LogP contribution in [-0.2, 0) is 11.8 Å². The number of rotatable bonds is 4. The number of hydrogen-bond donors (Lipinski definition) is 0. The zero-order valence-corrected chi connectivity index (χ0v) is 13.4. The van der Waals surface area contributed by atoms with Crippen LogP contribution in [0.2, 0.25) is 0 Å². The number of Topliss-reactive ketones (excluding diaryl/α,β-unsaturated/α-hetero) is 1. The number of carbonyl (C=O) groups is 1. The zero-order chi connectivity index (χ0) is 15.5. The first-order valence-electron chi connectivity index (χ1n) is 7.06. The smallest absolute Gasteiger partial charge is 0.199 e. The highest BCUT2D eigenvalue weighted by molar-refractivity contribution is 6.33. The van der Waals surface area contributed by atoms with Crippen molar-refractivity contribution in [3.63, 3.8) is 0 Å². The van der Waals surface area contributed by atoms with E-state index in [1.54, 1.807) is 24.4 Å². The van der Waals surface area contributed by atoms with E-state index < -0.39 is 5.38 Å². The number of pyridine rings is 1. The van der Waals surface area contributed by atoms with Gasteiger partial charge in [-0.05, 0) is 35.1 Å². The Bertz CT molecular complexity index is 599. The summed E-state index contributed by atoms with van der Waals surface area (Å²) in [6.07, 6.45) is 2.12. The summed E-state index contributed by atoms with van der Waals surface area (Å²) in [5.41, 5.74) is 2.88. The molecule has 1 aromatic carbocycles. The van der Waals surface area contributed by atoms with Crippen LogP contribution in [0, 0.1) is 0 Å². The van der Waals surface area contributed by atoms with Crippen molar-refractivity contribution in [1.29, 1.82) is 0 Å². The Morgan fingerprint density at radius 3 is 2.33 bits per heavy atom. The minimum Gasteiger partial charge on any atom is -0.291 e. The van der Waals surface area contributed by atoms with Crippen molar-refractivity contribution in [1.82, 2.24) is 4.98 Å². The van der Waals surface area contributed by atoms with Gasteiger partial charge in [0.2, 0.25) is 0 Å². The fourth-order valence-electron chi connectivity index (χ4n) is 2.11. The lowest BCUT2D eigenvalue weighted by Gasteiger charge is -2.19. The Kier molecular flexibility index (Phi) is 4.79. The average Bonchev–Trinajstić information content (AvgIpc) is 2.47. The summed E-state index contributed by atoms with van der Waals surface area (Å²) in [5, 5.41) is -0.583. The Balaban J connectivity index is 2.06. The van der Waals surface area contributed by atoms with E-state index in [4.69, 9.17) is 11.6 Å². The fourth-order valence-corrected chi connectivity index (χ4v) is 2.40. The number of ketones is 1. The molecule has 0 aliphatic heterocycles. The quantitative estimate of drug-likeness (QED) is 0.618. The third kappa shape index (κ3) is 4.15. The van der Waals surface area contributed by atoms with Crippen molar-refractivity contribution in [2.24, 2.45) is 0 Å². The highest BCUT2D eigenvalue weighted by Crippen LogP contribution is 2.23. The summed E-state index contributed by atoms with van der Waals surface area (Å²) < 4.78 is 0. The van der Waals surface area contributed by atoms with Gasteiger partial charge in [0.05, 0.1) is 0 Å². The molecule has 1 aromatic heterocycles. The molecule has 2 rings (SSSR count). The summed E-state index contributed by atoms with van der Waals surface area (Å²) in [6.45, 7) is 6.53.